The van der Waals surface area contributed by atoms with E-state index in [-0.39, 0.29) is 17.3 Å². The van der Waals surface area contributed by atoms with E-state index in [4.69, 9.17) is 23.4 Å². The summed E-state index contributed by atoms with van der Waals surface area (Å²) in [4.78, 5) is 25.3. The second-order valence-corrected chi connectivity index (χ2v) is 7.80. The number of fused-ring (bicyclic) bond motifs is 1. The van der Waals surface area contributed by atoms with Crippen molar-refractivity contribution in [3.8, 4) is 34.3 Å². The minimum atomic E-state index is -0.245. The van der Waals surface area contributed by atoms with E-state index < -0.39 is 0 Å². The summed E-state index contributed by atoms with van der Waals surface area (Å²) in [6.07, 6.45) is 4.96. The van der Waals surface area contributed by atoms with E-state index >= 15 is 0 Å². The Balaban J connectivity index is 1.67. The van der Waals surface area contributed by atoms with Crippen LogP contribution in [0, 0.1) is 5.92 Å². The molecular weight excluding hydrogens is 412 g/mol. The Bertz CT molecular complexity index is 1160. The minimum Gasteiger partial charge on any atom is -0.493 e. The van der Waals surface area contributed by atoms with Crippen LogP contribution in [0.15, 0.2) is 45.6 Å². The number of esters is 1. The highest BCUT2D eigenvalue weighted by Gasteiger charge is 2.23. The van der Waals surface area contributed by atoms with Gasteiger partial charge in [-0.05, 0) is 43.2 Å². The lowest BCUT2D eigenvalue weighted by atomic mass is 9.89. The average Bonchev–Trinajstić information content (AvgIpc) is 2.83. The highest BCUT2D eigenvalue weighted by Crippen LogP contribution is 2.41. The second kappa shape index (κ2) is 9.34. The van der Waals surface area contributed by atoms with Gasteiger partial charge in [-0.3, -0.25) is 9.59 Å². The van der Waals surface area contributed by atoms with Gasteiger partial charge in [-0.1, -0.05) is 19.3 Å². The first-order valence-electron chi connectivity index (χ1n) is 10.6. The lowest BCUT2D eigenvalue weighted by Crippen LogP contribution is -2.22. The third-order valence-electron chi connectivity index (χ3n) is 5.80. The molecule has 0 unspecified atom stereocenters. The van der Waals surface area contributed by atoms with Crippen molar-refractivity contribution >= 4 is 16.9 Å². The van der Waals surface area contributed by atoms with Crippen molar-refractivity contribution in [1.29, 1.82) is 0 Å². The van der Waals surface area contributed by atoms with E-state index in [1.807, 2.05) is 0 Å². The molecule has 0 N–H and O–H groups in total. The number of methoxy groups -OCH3 is 3. The molecule has 1 heterocycles. The van der Waals surface area contributed by atoms with Crippen molar-refractivity contribution < 1.29 is 28.2 Å². The van der Waals surface area contributed by atoms with Crippen molar-refractivity contribution in [3.05, 3.63) is 46.6 Å². The molecule has 0 bridgehead atoms. The molecule has 1 saturated carbocycles. The second-order valence-electron chi connectivity index (χ2n) is 7.80. The Kier molecular flexibility index (Phi) is 6.35. The highest BCUT2D eigenvalue weighted by atomic mass is 16.5. The van der Waals surface area contributed by atoms with E-state index in [1.165, 1.54) is 27.4 Å². The maximum Gasteiger partial charge on any atom is 0.314 e. The molecule has 2 aromatic carbocycles. The van der Waals surface area contributed by atoms with Gasteiger partial charge in [0, 0.05) is 11.6 Å². The highest BCUT2D eigenvalue weighted by molar-refractivity contribution is 5.82. The zero-order chi connectivity index (χ0) is 22.7. The molecule has 7 heteroatoms. The fourth-order valence-corrected chi connectivity index (χ4v) is 4.10. The Labute approximate surface area is 185 Å². The maximum absolute atomic E-state index is 12.9. The van der Waals surface area contributed by atoms with E-state index in [2.05, 4.69) is 0 Å². The molecule has 0 radical (unpaired) electrons. The zero-order valence-corrected chi connectivity index (χ0v) is 18.4. The molecule has 1 aromatic heterocycles. The molecule has 3 aromatic rings. The minimum absolute atomic E-state index is 0.0711. The van der Waals surface area contributed by atoms with Crippen LogP contribution in [-0.4, -0.2) is 27.3 Å². The number of hydrogen-bond donors (Lipinski definition) is 0. The first-order valence-corrected chi connectivity index (χ1v) is 10.6. The molecule has 4 rings (SSSR count). The van der Waals surface area contributed by atoms with Crippen LogP contribution in [0.4, 0.5) is 0 Å². The van der Waals surface area contributed by atoms with Crippen LogP contribution >= 0.6 is 0 Å². The molecule has 1 aliphatic carbocycles. The monoisotopic (exact) mass is 438 g/mol. The van der Waals surface area contributed by atoms with E-state index in [1.54, 1.807) is 30.3 Å². The molecule has 32 heavy (non-hydrogen) atoms. The first-order chi connectivity index (χ1) is 15.5. The zero-order valence-electron chi connectivity index (χ0n) is 18.4. The quantitative estimate of drug-likeness (QED) is 0.397. The molecule has 0 aliphatic heterocycles. The summed E-state index contributed by atoms with van der Waals surface area (Å²) in [5.41, 5.74) is 0.746. The van der Waals surface area contributed by atoms with Crippen molar-refractivity contribution in [1.82, 2.24) is 0 Å². The van der Waals surface area contributed by atoms with E-state index in [9.17, 15) is 9.59 Å². The number of benzene rings is 2. The fraction of sp³-hybridized carbons (Fsp3) is 0.360. The average molecular weight is 438 g/mol. The van der Waals surface area contributed by atoms with Gasteiger partial charge in [0.25, 0.3) is 0 Å². The third-order valence-corrected chi connectivity index (χ3v) is 5.80. The summed E-state index contributed by atoms with van der Waals surface area (Å²) < 4.78 is 27.7. The molecule has 168 valence electrons. The molecular formula is C25H26O7. The summed E-state index contributed by atoms with van der Waals surface area (Å²) in [6.45, 7) is 0. The van der Waals surface area contributed by atoms with Crippen molar-refractivity contribution in [2.45, 2.75) is 32.1 Å². The van der Waals surface area contributed by atoms with Gasteiger partial charge in [0.15, 0.2) is 16.9 Å². The van der Waals surface area contributed by atoms with Crippen LogP contribution in [0.25, 0.3) is 22.3 Å². The van der Waals surface area contributed by atoms with E-state index in [0.717, 1.165) is 32.1 Å². The molecule has 1 fully saturated rings. The number of rotatable bonds is 6. The molecule has 0 saturated heterocycles. The number of carbonyl (C=O) groups excluding carboxylic acids is 1. The van der Waals surface area contributed by atoms with Crippen LogP contribution in [0.5, 0.6) is 23.0 Å². The smallest absolute Gasteiger partial charge is 0.314 e. The summed E-state index contributed by atoms with van der Waals surface area (Å²) in [5.74, 6) is 1.76. The Morgan fingerprint density at radius 3 is 2.22 bits per heavy atom. The number of hydrogen-bond acceptors (Lipinski definition) is 7. The van der Waals surface area contributed by atoms with Gasteiger partial charge in [0.05, 0.1) is 32.6 Å². The van der Waals surface area contributed by atoms with Crippen molar-refractivity contribution in [2.24, 2.45) is 5.92 Å². The third kappa shape index (κ3) is 4.28. The summed E-state index contributed by atoms with van der Waals surface area (Å²) in [7, 11) is 4.57. The van der Waals surface area contributed by atoms with Crippen LogP contribution in [0.3, 0.4) is 0 Å². The Morgan fingerprint density at radius 2 is 1.59 bits per heavy atom. The Hall–Kier alpha value is -3.48. The lowest BCUT2D eigenvalue weighted by Gasteiger charge is -2.19. The molecule has 0 atom stereocenters. The lowest BCUT2D eigenvalue weighted by molar-refractivity contribution is -0.139. The largest absolute Gasteiger partial charge is 0.493 e. The molecule has 0 amide bonds. The summed E-state index contributed by atoms with van der Waals surface area (Å²) in [6, 6.07) is 9.67. The van der Waals surface area contributed by atoms with Gasteiger partial charge < -0.3 is 23.4 Å². The Morgan fingerprint density at radius 1 is 0.906 bits per heavy atom. The summed E-state index contributed by atoms with van der Waals surface area (Å²) >= 11 is 0. The van der Waals surface area contributed by atoms with Crippen molar-refractivity contribution in [3.63, 3.8) is 0 Å². The van der Waals surface area contributed by atoms with Gasteiger partial charge in [-0.15, -0.1) is 0 Å². The van der Waals surface area contributed by atoms with Crippen molar-refractivity contribution in [2.75, 3.05) is 21.3 Å². The normalized spacial score (nSPS) is 14.2. The predicted molar refractivity (Wildman–Crippen MR) is 120 cm³/mol. The molecule has 1 aliphatic rings. The van der Waals surface area contributed by atoms with Gasteiger partial charge in [0.1, 0.15) is 17.1 Å². The first kappa shape index (κ1) is 21.7. The van der Waals surface area contributed by atoms with Gasteiger partial charge in [-0.25, -0.2) is 0 Å². The predicted octanol–water partition coefficient (Wildman–Crippen LogP) is 4.97. The molecule has 7 nitrogen and oxygen atoms in total. The van der Waals surface area contributed by atoms with Gasteiger partial charge >= 0.3 is 5.97 Å². The van der Waals surface area contributed by atoms with Crippen LogP contribution in [0.1, 0.15) is 32.1 Å². The fourth-order valence-electron chi connectivity index (χ4n) is 4.10. The topological polar surface area (TPSA) is 84.2 Å². The standard InChI is InChI=1S/C25H26O7/c1-28-22-11-16(12-23(29-2)24(22)30-3)21-14-19(26)18-13-17(9-10-20(18)32-21)31-25(27)15-7-5-4-6-8-15/h9-15H,4-8H2,1-3H3. The van der Waals surface area contributed by atoms with Crippen LogP contribution in [-0.2, 0) is 4.79 Å². The summed E-state index contributed by atoms with van der Waals surface area (Å²) in [5, 5.41) is 0.343. The maximum atomic E-state index is 12.9. The van der Waals surface area contributed by atoms with E-state index in [0.29, 0.717) is 45.3 Å². The van der Waals surface area contributed by atoms with Gasteiger partial charge in [0.2, 0.25) is 5.75 Å². The number of carbonyl (C=O) groups is 1. The van der Waals surface area contributed by atoms with Crippen LogP contribution < -0.4 is 24.4 Å². The van der Waals surface area contributed by atoms with Gasteiger partial charge in [-0.2, -0.15) is 0 Å². The number of ether oxygens (including phenoxy) is 4. The molecule has 0 spiro atoms. The van der Waals surface area contributed by atoms with Crippen LogP contribution in [0.2, 0.25) is 0 Å². The SMILES string of the molecule is COc1cc(-c2cc(=O)c3cc(OC(=O)C4CCCCC4)ccc3o2)cc(OC)c1OC.